The van der Waals surface area contributed by atoms with E-state index in [1.807, 2.05) is 0 Å². The van der Waals surface area contributed by atoms with Crippen LogP contribution in [0.4, 0.5) is 0 Å². The number of allylic oxidation sites excluding steroid dienone is 2. The summed E-state index contributed by atoms with van der Waals surface area (Å²) in [5, 5.41) is 9.37. The quantitative estimate of drug-likeness (QED) is 0.663. The number of rotatable bonds is 5. The van der Waals surface area contributed by atoms with Crippen molar-refractivity contribution in [1.82, 2.24) is 0 Å². The minimum absolute atomic E-state index is 0.169. The lowest BCUT2D eigenvalue weighted by molar-refractivity contribution is -0.117. The summed E-state index contributed by atoms with van der Waals surface area (Å²) in [5.41, 5.74) is 0.987. The molecule has 0 aromatic rings. The third kappa shape index (κ3) is 3.21. The molecule has 0 bridgehead atoms. The Balaban J connectivity index is 2.21. The average molecular weight is 182 g/mol. The molecule has 0 heterocycles. The Morgan fingerprint density at radius 2 is 2.00 bits per heavy atom. The van der Waals surface area contributed by atoms with Gasteiger partial charge in [0.15, 0.2) is 0 Å². The molecule has 0 spiro atoms. The molecule has 1 rings (SSSR count). The molecule has 2 heteroatoms. The fourth-order valence-electron chi connectivity index (χ4n) is 1.71. The summed E-state index contributed by atoms with van der Waals surface area (Å²) in [6, 6.07) is 0. The fourth-order valence-corrected chi connectivity index (χ4v) is 1.71. The van der Waals surface area contributed by atoms with Gasteiger partial charge in [-0.2, -0.15) is 0 Å². The molecule has 0 saturated heterocycles. The second-order valence-electron chi connectivity index (χ2n) is 3.75. The molecule has 1 N–H and O–H groups in total. The van der Waals surface area contributed by atoms with Crippen LogP contribution >= 0.6 is 0 Å². The van der Waals surface area contributed by atoms with Crippen molar-refractivity contribution < 1.29 is 9.90 Å². The Morgan fingerprint density at radius 3 is 2.54 bits per heavy atom. The number of carbonyl (C=O) groups excluding carboxylic acids is 1. The first-order valence-electron chi connectivity index (χ1n) is 5.15. The number of unbranched alkanes of at least 4 members (excludes halogenated alkanes) is 3. The van der Waals surface area contributed by atoms with E-state index in [9.17, 15) is 9.90 Å². The molecule has 0 aliphatic heterocycles. The third-order valence-electron chi connectivity index (χ3n) is 2.52. The minimum Gasteiger partial charge on any atom is -0.512 e. The fraction of sp³-hybridized carbons (Fsp3) is 0.727. The lowest BCUT2D eigenvalue weighted by atomic mass is 10.1. The molecule has 0 aromatic carbocycles. The van der Waals surface area contributed by atoms with Crippen molar-refractivity contribution in [3.8, 4) is 0 Å². The Labute approximate surface area is 79.6 Å². The molecule has 0 aromatic heterocycles. The number of hydrogen-bond donors (Lipinski definition) is 1. The van der Waals surface area contributed by atoms with Crippen LogP contribution in [0.2, 0.25) is 0 Å². The molecule has 1 aliphatic rings. The average Bonchev–Trinajstić information content (AvgIpc) is 2.39. The number of Topliss-reactive ketones (excluding diaryl/α,β-unsaturated/α-hetero) is 1. The summed E-state index contributed by atoms with van der Waals surface area (Å²) >= 11 is 0. The third-order valence-corrected chi connectivity index (χ3v) is 2.52. The van der Waals surface area contributed by atoms with Crippen LogP contribution in [0.1, 0.15) is 51.9 Å². The van der Waals surface area contributed by atoms with Gasteiger partial charge in [-0.3, -0.25) is 4.79 Å². The first-order valence-corrected chi connectivity index (χ1v) is 5.15. The van der Waals surface area contributed by atoms with E-state index in [-0.39, 0.29) is 12.2 Å². The van der Waals surface area contributed by atoms with Gasteiger partial charge in [-0.05, 0) is 18.4 Å². The SMILES string of the molecule is CCCCCCC1=C(O)CC(=O)C1. The van der Waals surface area contributed by atoms with E-state index < -0.39 is 0 Å². The van der Waals surface area contributed by atoms with Crippen LogP contribution in [0.25, 0.3) is 0 Å². The van der Waals surface area contributed by atoms with Gasteiger partial charge in [-0.1, -0.05) is 26.2 Å². The van der Waals surface area contributed by atoms with Gasteiger partial charge in [0, 0.05) is 6.42 Å². The first kappa shape index (κ1) is 10.3. The maximum absolute atomic E-state index is 11.0. The molecular weight excluding hydrogens is 164 g/mol. The molecule has 2 nitrogen and oxygen atoms in total. The van der Waals surface area contributed by atoms with Crippen LogP contribution in [0, 0.1) is 0 Å². The monoisotopic (exact) mass is 182 g/mol. The lowest BCUT2D eigenvalue weighted by Gasteiger charge is -2.01. The van der Waals surface area contributed by atoms with Gasteiger partial charge in [0.2, 0.25) is 0 Å². The number of aliphatic hydroxyl groups is 1. The highest BCUT2D eigenvalue weighted by Gasteiger charge is 2.19. The zero-order valence-electron chi connectivity index (χ0n) is 8.31. The molecule has 0 radical (unpaired) electrons. The van der Waals surface area contributed by atoms with Crippen LogP contribution in [-0.2, 0) is 4.79 Å². The first-order chi connectivity index (χ1) is 6.24. The van der Waals surface area contributed by atoms with E-state index in [0.717, 1.165) is 18.4 Å². The van der Waals surface area contributed by atoms with Crippen molar-refractivity contribution >= 4 is 5.78 Å². The smallest absolute Gasteiger partial charge is 0.144 e. The standard InChI is InChI=1S/C11H18O2/c1-2-3-4-5-6-9-7-10(12)8-11(9)13/h13H,2-8H2,1H3. The van der Waals surface area contributed by atoms with E-state index in [0.29, 0.717) is 12.2 Å². The highest BCUT2D eigenvalue weighted by Crippen LogP contribution is 2.25. The Bertz CT molecular complexity index is 216. The van der Waals surface area contributed by atoms with E-state index in [4.69, 9.17) is 0 Å². The van der Waals surface area contributed by atoms with Crippen LogP contribution < -0.4 is 0 Å². The summed E-state index contributed by atoms with van der Waals surface area (Å²) in [4.78, 5) is 11.0. The number of hydrogen-bond acceptors (Lipinski definition) is 2. The van der Waals surface area contributed by atoms with Crippen molar-refractivity contribution in [3.63, 3.8) is 0 Å². The van der Waals surface area contributed by atoms with E-state index in [1.165, 1.54) is 19.3 Å². The zero-order valence-corrected chi connectivity index (χ0v) is 8.31. The molecular formula is C11H18O2. The van der Waals surface area contributed by atoms with Crippen LogP contribution in [0.15, 0.2) is 11.3 Å². The summed E-state index contributed by atoms with van der Waals surface area (Å²) in [5.74, 6) is 0.518. The van der Waals surface area contributed by atoms with Crippen LogP contribution in [0.5, 0.6) is 0 Å². The largest absolute Gasteiger partial charge is 0.512 e. The van der Waals surface area contributed by atoms with Crippen LogP contribution in [-0.4, -0.2) is 10.9 Å². The molecule has 74 valence electrons. The van der Waals surface area contributed by atoms with E-state index >= 15 is 0 Å². The summed E-state index contributed by atoms with van der Waals surface area (Å²) in [7, 11) is 0. The van der Waals surface area contributed by atoms with E-state index in [2.05, 4.69) is 6.92 Å². The Kier molecular flexibility index (Phi) is 4.00. The normalized spacial score (nSPS) is 17.2. The van der Waals surface area contributed by atoms with Gasteiger partial charge in [0.25, 0.3) is 0 Å². The van der Waals surface area contributed by atoms with Crippen LogP contribution in [0.3, 0.4) is 0 Å². The summed E-state index contributed by atoms with van der Waals surface area (Å²) < 4.78 is 0. The van der Waals surface area contributed by atoms with E-state index in [1.54, 1.807) is 0 Å². The molecule has 0 unspecified atom stereocenters. The topological polar surface area (TPSA) is 37.3 Å². The van der Waals surface area contributed by atoms with Gasteiger partial charge < -0.3 is 5.11 Å². The molecule has 0 saturated carbocycles. The molecule has 0 fully saturated rings. The lowest BCUT2D eigenvalue weighted by Crippen LogP contribution is -1.88. The maximum Gasteiger partial charge on any atom is 0.144 e. The predicted molar refractivity (Wildman–Crippen MR) is 52.7 cm³/mol. The Hall–Kier alpha value is -0.790. The second-order valence-corrected chi connectivity index (χ2v) is 3.75. The van der Waals surface area contributed by atoms with Gasteiger partial charge >= 0.3 is 0 Å². The summed E-state index contributed by atoms with van der Waals surface area (Å²) in [6.07, 6.45) is 6.49. The predicted octanol–water partition coefficient (Wildman–Crippen LogP) is 3.13. The minimum atomic E-state index is 0.169. The molecule has 0 atom stereocenters. The molecule has 0 amide bonds. The van der Waals surface area contributed by atoms with Crippen molar-refractivity contribution in [1.29, 1.82) is 0 Å². The van der Waals surface area contributed by atoms with Gasteiger partial charge in [-0.15, -0.1) is 0 Å². The van der Waals surface area contributed by atoms with Crippen molar-refractivity contribution in [3.05, 3.63) is 11.3 Å². The zero-order chi connectivity index (χ0) is 9.68. The summed E-state index contributed by atoms with van der Waals surface area (Å²) in [6.45, 7) is 2.18. The van der Waals surface area contributed by atoms with Gasteiger partial charge in [-0.25, -0.2) is 0 Å². The molecule has 1 aliphatic carbocycles. The second kappa shape index (κ2) is 5.05. The maximum atomic E-state index is 11.0. The van der Waals surface area contributed by atoms with Crippen molar-refractivity contribution in [2.24, 2.45) is 0 Å². The number of aliphatic hydroxyl groups excluding tert-OH is 1. The van der Waals surface area contributed by atoms with Crippen molar-refractivity contribution in [2.45, 2.75) is 51.9 Å². The van der Waals surface area contributed by atoms with Crippen molar-refractivity contribution in [2.75, 3.05) is 0 Å². The molecule has 13 heavy (non-hydrogen) atoms. The highest BCUT2D eigenvalue weighted by molar-refractivity contribution is 5.86. The Morgan fingerprint density at radius 1 is 1.23 bits per heavy atom. The van der Waals surface area contributed by atoms with Gasteiger partial charge in [0.1, 0.15) is 5.78 Å². The number of ketones is 1. The van der Waals surface area contributed by atoms with Gasteiger partial charge in [0.05, 0.1) is 12.2 Å². The number of carbonyl (C=O) groups is 1. The highest BCUT2D eigenvalue weighted by atomic mass is 16.3.